The lowest BCUT2D eigenvalue weighted by molar-refractivity contribution is -0.140. The Morgan fingerprint density at radius 3 is 2.26 bits per heavy atom. The number of pyridine rings is 1. The highest BCUT2D eigenvalue weighted by Gasteiger charge is 2.28. The van der Waals surface area contributed by atoms with Gasteiger partial charge < -0.3 is 9.84 Å². The first-order valence-corrected chi connectivity index (χ1v) is 9.31. The third kappa shape index (κ3) is 3.37. The molecule has 4 rings (SSSR count). The monoisotopic (exact) mass is 409 g/mol. The highest BCUT2D eigenvalue weighted by Crippen LogP contribution is 2.43. The van der Waals surface area contributed by atoms with Crippen LogP contribution in [-0.4, -0.2) is 33.1 Å². The van der Waals surface area contributed by atoms with Gasteiger partial charge in [-0.15, -0.1) is 0 Å². The van der Waals surface area contributed by atoms with E-state index in [0.29, 0.717) is 27.4 Å². The zero-order chi connectivity index (χ0) is 22.0. The van der Waals surface area contributed by atoms with Crippen LogP contribution in [0.3, 0.4) is 0 Å². The predicted molar refractivity (Wildman–Crippen MR) is 111 cm³/mol. The molecule has 4 aromatic rings. The smallest absolute Gasteiger partial charge is 0.306 e. The molecule has 150 valence electrons. The van der Waals surface area contributed by atoms with E-state index in [2.05, 4.69) is 15.0 Å². The van der Waals surface area contributed by atoms with Crippen LogP contribution < -0.4 is 0 Å². The van der Waals surface area contributed by atoms with E-state index in [-0.39, 0.29) is 29.1 Å². The van der Waals surface area contributed by atoms with Crippen molar-refractivity contribution < 1.29 is 14.6 Å². The molecule has 8 heteroatoms. The molecule has 0 radical (unpaired) electrons. The van der Waals surface area contributed by atoms with Crippen molar-refractivity contribution in [1.29, 1.82) is 10.5 Å². The lowest BCUT2D eigenvalue weighted by Gasteiger charge is -2.21. The summed E-state index contributed by atoms with van der Waals surface area (Å²) in [6, 6.07) is 14.3. The summed E-state index contributed by atoms with van der Waals surface area (Å²) in [5.41, 5.74) is 1.39. The van der Waals surface area contributed by atoms with E-state index in [1.54, 1.807) is 48.8 Å². The van der Waals surface area contributed by atoms with Gasteiger partial charge >= 0.3 is 5.97 Å². The van der Waals surface area contributed by atoms with Crippen LogP contribution in [-0.2, 0) is 9.53 Å². The van der Waals surface area contributed by atoms with Crippen molar-refractivity contribution in [3.63, 3.8) is 0 Å². The highest BCUT2D eigenvalue weighted by atomic mass is 16.5. The summed E-state index contributed by atoms with van der Waals surface area (Å²) in [5.74, 6) is -1.20. The van der Waals surface area contributed by atoms with Crippen LogP contribution in [0.5, 0.6) is 5.75 Å². The van der Waals surface area contributed by atoms with E-state index in [9.17, 15) is 20.4 Å². The van der Waals surface area contributed by atoms with Crippen molar-refractivity contribution in [1.82, 2.24) is 15.0 Å². The number of aromatic hydroxyl groups is 1. The molecule has 0 saturated heterocycles. The number of methoxy groups -OCH3 is 1. The molecule has 2 heterocycles. The maximum Gasteiger partial charge on any atom is 0.306 e. The number of hydrogen-bond donors (Lipinski definition) is 1. The van der Waals surface area contributed by atoms with Gasteiger partial charge in [-0.05, 0) is 17.7 Å². The summed E-state index contributed by atoms with van der Waals surface area (Å²) in [5, 5.41) is 31.2. The van der Waals surface area contributed by atoms with Crippen LogP contribution >= 0.6 is 0 Å². The predicted octanol–water partition coefficient (Wildman–Crippen LogP) is 3.32. The first-order valence-electron chi connectivity index (χ1n) is 9.31. The first kappa shape index (κ1) is 19.7. The maximum atomic E-state index is 12.3. The maximum absolute atomic E-state index is 12.3. The molecule has 0 fully saturated rings. The molecule has 1 atom stereocenters. The van der Waals surface area contributed by atoms with Crippen LogP contribution in [0.1, 0.15) is 34.9 Å². The molecule has 1 unspecified atom stereocenters. The van der Waals surface area contributed by atoms with Crippen molar-refractivity contribution >= 4 is 27.8 Å². The number of nitriles is 2. The van der Waals surface area contributed by atoms with Crippen molar-refractivity contribution in [2.75, 3.05) is 7.11 Å². The lowest BCUT2D eigenvalue weighted by atomic mass is 9.85. The molecule has 8 nitrogen and oxygen atoms in total. The number of esters is 1. The van der Waals surface area contributed by atoms with E-state index < -0.39 is 11.9 Å². The molecular weight excluding hydrogens is 394 g/mol. The van der Waals surface area contributed by atoms with Crippen LogP contribution in [0.15, 0.2) is 48.8 Å². The minimum Gasteiger partial charge on any atom is -0.507 e. The molecule has 0 bridgehead atoms. The molecule has 31 heavy (non-hydrogen) atoms. The number of phenols is 1. The van der Waals surface area contributed by atoms with E-state index in [1.807, 2.05) is 12.1 Å². The summed E-state index contributed by atoms with van der Waals surface area (Å²) < 4.78 is 4.88. The zero-order valence-electron chi connectivity index (χ0n) is 16.4. The number of hydrogen-bond acceptors (Lipinski definition) is 8. The number of fused-ring (bicyclic) bond motifs is 3. The summed E-state index contributed by atoms with van der Waals surface area (Å²) in [6.07, 6.45) is 3.09. The molecule has 0 aliphatic carbocycles. The summed E-state index contributed by atoms with van der Waals surface area (Å²) in [7, 11) is 1.29. The Morgan fingerprint density at radius 2 is 1.65 bits per heavy atom. The van der Waals surface area contributed by atoms with Gasteiger partial charge in [0.25, 0.3) is 0 Å². The van der Waals surface area contributed by atoms with Gasteiger partial charge in [0, 0.05) is 34.6 Å². The Kier molecular flexibility index (Phi) is 5.13. The molecule has 2 aromatic carbocycles. The van der Waals surface area contributed by atoms with E-state index in [1.165, 1.54) is 7.11 Å². The van der Waals surface area contributed by atoms with Crippen LogP contribution in [0.4, 0.5) is 0 Å². The second-order valence-corrected chi connectivity index (χ2v) is 6.76. The van der Waals surface area contributed by atoms with Gasteiger partial charge in [0.05, 0.1) is 24.6 Å². The second kappa shape index (κ2) is 8.05. The van der Waals surface area contributed by atoms with Gasteiger partial charge in [0.15, 0.2) is 11.4 Å². The molecule has 0 spiro atoms. The number of carbonyl (C=O) groups excluding carboxylic acids is 1. The van der Waals surface area contributed by atoms with Crippen LogP contribution in [0, 0.1) is 22.7 Å². The molecule has 1 N–H and O–H groups in total. The van der Waals surface area contributed by atoms with Gasteiger partial charge in [-0.25, -0.2) is 9.97 Å². The highest BCUT2D eigenvalue weighted by molar-refractivity contribution is 6.09. The number of benzene rings is 2. The van der Waals surface area contributed by atoms with Gasteiger partial charge in [-0.1, -0.05) is 24.3 Å². The average Bonchev–Trinajstić information content (AvgIpc) is 2.83. The normalized spacial score (nSPS) is 11.6. The van der Waals surface area contributed by atoms with Gasteiger partial charge in [-0.3, -0.25) is 9.78 Å². The van der Waals surface area contributed by atoms with Crippen molar-refractivity contribution in [3.8, 4) is 17.9 Å². The lowest BCUT2D eigenvalue weighted by Crippen LogP contribution is -2.12. The number of nitrogens with zero attached hydrogens (tertiary/aromatic N) is 5. The number of aromatic nitrogens is 3. The van der Waals surface area contributed by atoms with Gasteiger partial charge in [-0.2, -0.15) is 10.5 Å². The Hall–Kier alpha value is -4.56. The van der Waals surface area contributed by atoms with E-state index in [4.69, 9.17) is 4.74 Å². The fourth-order valence-corrected chi connectivity index (χ4v) is 3.68. The third-order valence-electron chi connectivity index (χ3n) is 5.11. The van der Waals surface area contributed by atoms with Crippen molar-refractivity contribution in [2.24, 2.45) is 0 Å². The van der Waals surface area contributed by atoms with Crippen molar-refractivity contribution in [3.05, 3.63) is 71.3 Å². The molecule has 0 aliphatic heterocycles. The van der Waals surface area contributed by atoms with Crippen molar-refractivity contribution in [2.45, 2.75) is 12.3 Å². The quantitative estimate of drug-likeness (QED) is 0.401. The van der Waals surface area contributed by atoms with E-state index in [0.717, 1.165) is 0 Å². The largest absolute Gasteiger partial charge is 0.507 e. The molecule has 0 saturated carbocycles. The second-order valence-electron chi connectivity index (χ2n) is 6.76. The van der Waals surface area contributed by atoms with E-state index >= 15 is 0 Å². The molecule has 0 aliphatic rings. The molecule has 0 amide bonds. The fraction of sp³-hybridized carbons (Fsp3) is 0.130. The Morgan fingerprint density at radius 1 is 1.03 bits per heavy atom. The number of rotatable bonds is 4. The topological polar surface area (TPSA) is 133 Å². The summed E-state index contributed by atoms with van der Waals surface area (Å²) in [6.45, 7) is 0. The Balaban J connectivity index is 2.16. The number of phenolic OH excluding ortho intramolecular Hbond substituents is 1. The molecule has 2 aromatic heterocycles. The van der Waals surface area contributed by atoms with Gasteiger partial charge in [0.1, 0.15) is 17.9 Å². The minimum absolute atomic E-state index is 0.0725. The molecular formula is C23H15N5O3. The fourth-order valence-electron chi connectivity index (χ4n) is 3.68. The average molecular weight is 409 g/mol. The van der Waals surface area contributed by atoms with Crippen LogP contribution in [0.25, 0.3) is 21.8 Å². The Bertz CT molecular complexity index is 1400. The Labute approximate surface area is 177 Å². The SMILES string of the molecule is COC(=O)CC(c1ccncc1)c1c(O)c2ccccc2c2nc(C#N)c(C#N)nc12. The van der Waals surface area contributed by atoms with Crippen LogP contribution in [0.2, 0.25) is 0 Å². The number of carbonyl (C=O) groups is 1. The summed E-state index contributed by atoms with van der Waals surface area (Å²) >= 11 is 0. The minimum atomic E-state index is -0.642. The standard InChI is InChI=1S/C23H15N5O3/c1-31-19(29)10-16(13-6-8-26-9-7-13)20-22-21(27-17(11-24)18(12-25)28-22)14-4-2-3-5-15(14)23(20)30/h2-9,16,30H,10H2,1H3. The van der Waals surface area contributed by atoms with Gasteiger partial charge in [0.2, 0.25) is 0 Å². The third-order valence-corrected chi connectivity index (χ3v) is 5.11. The summed E-state index contributed by atoms with van der Waals surface area (Å²) in [4.78, 5) is 25.0. The number of ether oxygens (including phenoxy) is 1. The zero-order valence-corrected chi connectivity index (χ0v) is 16.4. The first-order chi connectivity index (χ1) is 15.1.